The average molecular weight is 294 g/mol. The number of likely N-dealkylation sites (tertiary alicyclic amines) is 2. The number of piperidine rings is 2. The van der Waals surface area contributed by atoms with E-state index >= 15 is 0 Å². The van der Waals surface area contributed by atoms with Crippen molar-refractivity contribution in [3.05, 3.63) is 0 Å². The van der Waals surface area contributed by atoms with E-state index in [9.17, 15) is 9.59 Å². The van der Waals surface area contributed by atoms with E-state index in [0.717, 1.165) is 57.8 Å². The average Bonchev–Trinajstić information content (AvgIpc) is 2.47. The van der Waals surface area contributed by atoms with Crippen LogP contribution >= 0.6 is 0 Å². The zero-order valence-electron chi connectivity index (χ0n) is 13.8. The van der Waals surface area contributed by atoms with E-state index in [1.54, 1.807) is 0 Å². The van der Waals surface area contributed by atoms with Crippen LogP contribution in [0.4, 0.5) is 0 Å². The Kier molecular flexibility index (Phi) is 5.65. The minimum absolute atomic E-state index is 0.140. The van der Waals surface area contributed by atoms with Crippen molar-refractivity contribution in [3.63, 3.8) is 0 Å². The minimum atomic E-state index is 0.140. The van der Waals surface area contributed by atoms with Crippen molar-refractivity contribution in [2.24, 2.45) is 17.8 Å². The molecule has 120 valence electrons. The van der Waals surface area contributed by atoms with Gasteiger partial charge in [-0.3, -0.25) is 9.59 Å². The molecule has 0 radical (unpaired) electrons. The van der Waals surface area contributed by atoms with Crippen LogP contribution in [-0.4, -0.2) is 47.8 Å². The molecule has 2 amide bonds. The summed E-state index contributed by atoms with van der Waals surface area (Å²) in [7, 11) is 0. The van der Waals surface area contributed by atoms with Crippen molar-refractivity contribution in [2.75, 3.05) is 26.2 Å². The van der Waals surface area contributed by atoms with E-state index in [4.69, 9.17) is 0 Å². The number of amides is 2. The number of rotatable bonds is 3. The van der Waals surface area contributed by atoms with E-state index in [2.05, 4.69) is 25.7 Å². The number of nitrogens with zero attached hydrogens (tertiary/aromatic N) is 2. The third-order valence-electron chi connectivity index (χ3n) is 4.88. The Bertz CT molecular complexity index is 365. The zero-order chi connectivity index (χ0) is 15.4. The van der Waals surface area contributed by atoms with Gasteiger partial charge in [0, 0.05) is 38.5 Å². The molecular weight excluding hydrogens is 264 g/mol. The molecule has 4 heteroatoms. The predicted molar refractivity (Wildman–Crippen MR) is 83.7 cm³/mol. The predicted octanol–water partition coefficient (Wildman–Crippen LogP) is 2.53. The monoisotopic (exact) mass is 294 g/mol. The molecule has 2 heterocycles. The number of carbonyl (C=O) groups excluding carboxylic acids is 2. The Labute approximate surface area is 128 Å². The molecule has 0 aromatic heterocycles. The van der Waals surface area contributed by atoms with Gasteiger partial charge in [0.25, 0.3) is 0 Å². The molecule has 0 spiro atoms. The van der Waals surface area contributed by atoms with Gasteiger partial charge < -0.3 is 9.80 Å². The van der Waals surface area contributed by atoms with Gasteiger partial charge in [0.05, 0.1) is 0 Å². The summed E-state index contributed by atoms with van der Waals surface area (Å²) in [5.41, 5.74) is 0. The van der Waals surface area contributed by atoms with Crippen LogP contribution in [0, 0.1) is 17.8 Å². The second-order valence-corrected chi connectivity index (χ2v) is 7.26. The maximum Gasteiger partial charge on any atom is 0.225 e. The molecule has 2 rings (SSSR count). The first kappa shape index (κ1) is 16.3. The molecule has 2 saturated heterocycles. The maximum absolute atomic E-state index is 12.5. The second-order valence-electron chi connectivity index (χ2n) is 7.26. The van der Waals surface area contributed by atoms with Crippen LogP contribution < -0.4 is 0 Å². The highest BCUT2D eigenvalue weighted by Crippen LogP contribution is 2.24. The lowest BCUT2D eigenvalue weighted by Gasteiger charge is -2.37. The van der Waals surface area contributed by atoms with Gasteiger partial charge in [0.2, 0.25) is 11.8 Å². The van der Waals surface area contributed by atoms with Crippen LogP contribution in [0.5, 0.6) is 0 Å². The van der Waals surface area contributed by atoms with Gasteiger partial charge >= 0.3 is 0 Å². The fourth-order valence-electron chi connectivity index (χ4n) is 3.34. The molecule has 2 aliphatic heterocycles. The van der Waals surface area contributed by atoms with Crippen molar-refractivity contribution in [2.45, 2.75) is 52.9 Å². The van der Waals surface area contributed by atoms with Gasteiger partial charge in [-0.25, -0.2) is 0 Å². The molecule has 2 aliphatic rings. The largest absolute Gasteiger partial charge is 0.343 e. The van der Waals surface area contributed by atoms with E-state index < -0.39 is 0 Å². The first-order valence-electron chi connectivity index (χ1n) is 8.54. The Morgan fingerprint density at radius 1 is 0.952 bits per heavy atom. The van der Waals surface area contributed by atoms with Crippen LogP contribution in [0.2, 0.25) is 0 Å². The first-order chi connectivity index (χ1) is 9.97. The molecule has 21 heavy (non-hydrogen) atoms. The van der Waals surface area contributed by atoms with Gasteiger partial charge in [0.1, 0.15) is 0 Å². The topological polar surface area (TPSA) is 40.6 Å². The number of hydrogen-bond acceptors (Lipinski definition) is 2. The Morgan fingerprint density at radius 3 is 2.00 bits per heavy atom. The van der Waals surface area contributed by atoms with E-state index in [1.807, 2.05) is 4.90 Å². The molecule has 2 fully saturated rings. The van der Waals surface area contributed by atoms with Crippen molar-refractivity contribution in [3.8, 4) is 0 Å². The molecule has 4 nitrogen and oxygen atoms in total. The van der Waals surface area contributed by atoms with Crippen molar-refractivity contribution in [1.82, 2.24) is 9.80 Å². The summed E-state index contributed by atoms with van der Waals surface area (Å²) in [6.07, 6.45) is 4.58. The van der Waals surface area contributed by atoms with Gasteiger partial charge in [0.15, 0.2) is 0 Å². The molecule has 0 aromatic rings. The molecule has 0 unspecified atom stereocenters. The van der Waals surface area contributed by atoms with Crippen LogP contribution in [-0.2, 0) is 9.59 Å². The molecule has 0 saturated carbocycles. The zero-order valence-corrected chi connectivity index (χ0v) is 13.8. The molecule has 0 N–H and O–H groups in total. The lowest BCUT2D eigenvalue weighted by molar-refractivity contribution is -0.142. The molecule has 0 bridgehead atoms. The fourth-order valence-corrected chi connectivity index (χ4v) is 3.34. The Morgan fingerprint density at radius 2 is 1.48 bits per heavy atom. The first-order valence-corrected chi connectivity index (χ1v) is 8.54. The van der Waals surface area contributed by atoms with E-state index in [-0.39, 0.29) is 11.8 Å². The van der Waals surface area contributed by atoms with Crippen molar-refractivity contribution >= 4 is 11.8 Å². The highest BCUT2D eigenvalue weighted by molar-refractivity contribution is 5.80. The van der Waals surface area contributed by atoms with E-state index in [0.29, 0.717) is 18.2 Å². The van der Waals surface area contributed by atoms with Gasteiger partial charge in [-0.05, 0) is 37.5 Å². The van der Waals surface area contributed by atoms with Crippen molar-refractivity contribution in [1.29, 1.82) is 0 Å². The standard InChI is InChI=1S/C17H30N2O2/c1-13(2)12-16(20)18-10-6-15(7-11-18)17(21)19-8-4-14(3)5-9-19/h13-15H,4-12H2,1-3H3. The number of hydrogen-bond donors (Lipinski definition) is 0. The number of carbonyl (C=O) groups is 2. The summed E-state index contributed by atoms with van der Waals surface area (Å²) < 4.78 is 0. The molecule has 0 aromatic carbocycles. The van der Waals surface area contributed by atoms with Crippen LogP contribution in [0.25, 0.3) is 0 Å². The normalized spacial score (nSPS) is 21.9. The summed E-state index contributed by atoms with van der Waals surface area (Å²) in [4.78, 5) is 28.6. The minimum Gasteiger partial charge on any atom is -0.343 e. The lowest BCUT2D eigenvalue weighted by Crippen LogP contribution is -2.46. The fraction of sp³-hybridized carbons (Fsp3) is 0.882. The van der Waals surface area contributed by atoms with Crippen molar-refractivity contribution < 1.29 is 9.59 Å². The highest BCUT2D eigenvalue weighted by Gasteiger charge is 2.31. The smallest absolute Gasteiger partial charge is 0.225 e. The third-order valence-corrected chi connectivity index (χ3v) is 4.88. The summed E-state index contributed by atoms with van der Waals surface area (Å²) in [6, 6.07) is 0. The van der Waals surface area contributed by atoms with Gasteiger partial charge in [-0.2, -0.15) is 0 Å². The lowest BCUT2D eigenvalue weighted by atomic mass is 9.92. The quantitative estimate of drug-likeness (QED) is 0.802. The third kappa shape index (κ3) is 4.45. The highest BCUT2D eigenvalue weighted by atomic mass is 16.2. The van der Waals surface area contributed by atoms with Gasteiger partial charge in [-0.1, -0.05) is 20.8 Å². The molecule has 0 aliphatic carbocycles. The summed E-state index contributed by atoms with van der Waals surface area (Å²) >= 11 is 0. The Balaban J connectivity index is 1.78. The summed E-state index contributed by atoms with van der Waals surface area (Å²) in [5, 5.41) is 0. The molecular formula is C17H30N2O2. The summed E-state index contributed by atoms with van der Waals surface area (Å²) in [5.74, 6) is 1.89. The van der Waals surface area contributed by atoms with Gasteiger partial charge in [-0.15, -0.1) is 0 Å². The Hall–Kier alpha value is -1.06. The van der Waals surface area contributed by atoms with Crippen LogP contribution in [0.1, 0.15) is 52.9 Å². The molecule has 0 atom stereocenters. The maximum atomic E-state index is 12.5. The van der Waals surface area contributed by atoms with E-state index in [1.165, 1.54) is 0 Å². The van der Waals surface area contributed by atoms with Crippen LogP contribution in [0.15, 0.2) is 0 Å². The second kappa shape index (κ2) is 7.28. The van der Waals surface area contributed by atoms with Crippen LogP contribution in [0.3, 0.4) is 0 Å². The SMILES string of the molecule is CC(C)CC(=O)N1CCC(C(=O)N2CCC(C)CC2)CC1. The summed E-state index contributed by atoms with van der Waals surface area (Å²) in [6.45, 7) is 9.77.